The van der Waals surface area contributed by atoms with Gasteiger partial charge in [0.2, 0.25) is 0 Å². The molecule has 0 saturated carbocycles. The molecule has 0 aromatic carbocycles. The van der Waals surface area contributed by atoms with E-state index in [1.54, 1.807) is 0 Å². The highest BCUT2D eigenvalue weighted by Gasteiger charge is 2.21. The second-order valence-corrected chi connectivity index (χ2v) is 3.20. The van der Waals surface area contributed by atoms with Crippen molar-refractivity contribution in [2.75, 3.05) is 10.7 Å². The van der Waals surface area contributed by atoms with Crippen molar-refractivity contribution in [3.05, 3.63) is 11.4 Å². The van der Waals surface area contributed by atoms with Gasteiger partial charge in [-0.05, 0) is 10.3 Å². The number of alkyl halides is 2. The van der Waals surface area contributed by atoms with Crippen molar-refractivity contribution >= 4 is 43.4 Å². The minimum Gasteiger partial charge on any atom is -0.291 e. The number of carbonyl (C=O) groups is 2. The van der Waals surface area contributed by atoms with E-state index in [-0.39, 0.29) is 33.6 Å². The Balaban J connectivity index is 3.02. The molecule has 0 amide bonds. The van der Waals surface area contributed by atoms with E-state index >= 15 is 0 Å². The summed E-state index contributed by atoms with van der Waals surface area (Å²) >= 11 is 5.92. The lowest BCUT2D eigenvalue weighted by molar-refractivity contribution is 0.0982. The molecular weight excluding hydrogens is 308 g/mol. The van der Waals surface area contributed by atoms with E-state index in [0.29, 0.717) is 0 Å². The van der Waals surface area contributed by atoms with E-state index in [4.69, 9.17) is 0 Å². The van der Waals surface area contributed by atoms with E-state index in [2.05, 4.69) is 46.8 Å². The van der Waals surface area contributed by atoms with Crippen LogP contribution in [0.15, 0.2) is 4.63 Å². The Bertz CT molecular complexity index is 306. The standard InChI is InChI=1S/C6H4Br2N2O3/c7-1-3(11)5-6(4(12)2-8)10-13-9-5/h1-2H2. The van der Waals surface area contributed by atoms with Crippen molar-refractivity contribution in [3.8, 4) is 0 Å². The first-order valence-corrected chi connectivity index (χ1v) is 5.46. The maximum absolute atomic E-state index is 11.1. The third-order valence-corrected chi connectivity index (χ3v) is 2.28. The van der Waals surface area contributed by atoms with Crippen LogP contribution in [0.4, 0.5) is 0 Å². The van der Waals surface area contributed by atoms with Crippen LogP contribution in [0.5, 0.6) is 0 Å². The summed E-state index contributed by atoms with van der Waals surface area (Å²) in [6.07, 6.45) is 0. The molecule has 7 heteroatoms. The van der Waals surface area contributed by atoms with Gasteiger partial charge in [0.1, 0.15) is 0 Å². The van der Waals surface area contributed by atoms with Gasteiger partial charge >= 0.3 is 0 Å². The summed E-state index contributed by atoms with van der Waals surface area (Å²) in [5.74, 6) is -0.656. The van der Waals surface area contributed by atoms with Gasteiger partial charge in [0.25, 0.3) is 0 Å². The van der Waals surface area contributed by atoms with Gasteiger partial charge in [0.15, 0.2) is 23.0 Å². The van der Waals surface area contributed by atoms with Crippen molar-refractivity contribution in [1.29, 1.82) is 0 Å². The first-order valence-electron chi connectivity index (χ1n) is 3.21. The van der Waals surface area contributed by atoms with Gasteiger partial charge in [-0.2, -0.15) is 0 Å². The lowest BCUT2D eigenvalue weighted by atomic mass is 10.2. The number of carbonyl (C=O) groups excluding carboxylic acids is 2. The molecule has 0 saturated heterocycles. The lowest BCUT2D eigenvalue weighted by Crippen LogP contribution is -2.10. The number of Topliss-reactive ketones (excluding diaryl/α,β-unsaturated/α-hetero) is 2. The summed E-state index contributed by atoms with van der Waals surface area (Å²) in [6.45, 7) is 0. The zero-order valence-corrected chi connectivity index (χ0v) is 9.46. The Labute approximate surface area is 90.1 Å². The van der Waals surface area contributed by atoms with E-state index < -0.39 is 0 Å². The van der Waals surface area contributed by atoms with Gasteiger partial charge < -0.3 is 0 Å². The highest BCUT2D eigenvalue weighted by molar-refractivity contribution is 9.09. The highest BCUT2D eigenvalue weighted by atomic mass is 79.9. The van der Waals surface area contributed by atoms with Crippen molar-refractivity contribution in [3.63, 3.8) is 0 Å². The zero-order chi connectivity index (χ0) is 9.84. The van der Waals surface area contributed by atoms with Crippen LogP contribution in [0.2, 0.25) is 0 Å². The molecule has 0 fully saturated rings. The van der Waals surface area contributed by atoms with Crippen molar-refractivity contribution in [2.45, 2.75) is 0 Å². The zero-order valence-electron chi connectivity index (χ0n) is 6.29. The monoisotopic (exact) mass is 310 g/mol. The number of nitrogens with zero attached hydrogens (tertiary/aromatic N) is 2. The molecule has 0 spiro atoms. The molecule has 0 aliphatic carbocycles. The molecule has 0 bridgehead atoms. The molecule has 0 aliphatic rings. The minimum atomic E-state index is -0.328. The molecule has 0 radical (unpaired) electrons. The van der Waals surface area contributed by atoms with Gasteiger partial charge in [-0.15, -0.1) is 0 Å². The SMILES string of the molecule is O=C(CBr)c1nonc1C(=O)CBr. The number of rotatable bonds is 4. The number of halogens is 2. The van der Waals surface area contributed by atoms with Gasteiger partial charge in [-0.3, -0.25) is 9.59 Å². The molecule has 0 aliphatic heterocycles. The fraction of sp³-hybridized carbons (Fsp3) is 0.333. The predicted molar refractivity (Wildman–Crippen MR) is 50.5 cm³/mol. The molecule has 0 unspecified atom stereocenters. The molecular formula is C6H4Br2N2O3. The van der Waals surface area contributed by atoms with Gasteiger partial charge in [-0.25, -0.2) is 4.63 Å². The quantitative estimate of drug-likeness (QED) is 0.617. The van der Waals surface area contributed by atoms with E-state index in [1.165, 1.54) is 0 Å². The Morgan fingerprint density at radius 3 is 1.77 bits per heavy atom. The Kier molecular flexibility index (Phi) is 3.73. The third kappa shape index (κ3) is 2.22. The second kappa shape index (κ2) is 4.61. The molecule has 1 heterocycles. The normalized spacial score (nSPS) is 10.0. The molecule has 1 aromatic heterocycles. The van der Waals surface area contributed by atoms with Crippen LogP contribution >= 0.6 is 31.9 Å². The van der Waals surface area contributed by atoms with Gasteiger partial charge in [-0.1, -0.05) is 31.9 Å². The van der Waals surface area contributed by atoms with Crippen molar-refractivity contribution < 1.29 is 14.2 Å². The first-order chi connectivity index (χ1) is 6.20. The number of ketones is 2. The van der Waals surface area contributed by atoms with E-state index in [1.807, 2.05) is 0 Å². The summed E-state index contributed by atoms with van der Waals surface area (Å²) in [7, 11) is 0. The average Bonchev–Trinajstić information content (AvgIpc) is 2.63. The van der Waals surface area contributed by atoms with Gasteiger partial charge in [0.05, 0.1) is 10.7 Å². The topological polar surface area (TPSA) is 73.1 Å². The summed E-state index contributed by atoms with van der Waals surface area (Å²) in [5.41, 5.74) is -0.0531. The minimum absolute atomic E-state index is 0.0266. The average molecular weight is 312 g/mol. The Morgan fingerprint density at radius 1 is 1.08 bits per heavy atom. The maximum atomic E-state index is 11.1. The van der Waals surface area contributed by atoms with Crippen molar-refractivity contribution in [2.24, 2.45) is 0 Å². The van der Waals surface area contributed by atoms with Crippen LogP contribution in [0.1, 0.15) is 21.0 Å². The van der Waals surface area contributed by atoms with Crippen LogP contribution in [0.3, 0.4) is 0 Å². The van der Waals surface area contributed by atoms with Gasteiger partial charge in [0, 0.05) is 0 Å². The van der Waals surface area contributed by atoms with Crippen LogP contribution in [-0.4, -0.2) is 32.5 Å². The lowest BCUT2D eigenvalue weighted by Gasteiger charge is -1.91. The number of aromatic nitrogens is 2. The highest BCUT2D eigenvalue weighted by Crippen LogP contribution is 2.07. The first kappa shape index (κ1) is 10.5. The summed E-state index contributed by atoms with van der Waals surface area (Å²) in [5, 5.41) is 6.87. The van der Waals surface area contributed by atoms with Crippen LogP contribution in [0.25, 0.3) is 0 Å². The molecule has 5 nitrogen and oxygen atoms in total. The number of hydrogen-bond acceptors (Lipinski definition) is 5. The Morgan fingerprint density at radius 2 is 1.46 bits per heavy atom. The maximum Gasteiger partial charge on any atom is 0.197 e. The molecule has 1 aromatic rings. The largest absolute Gasteiger partial charge is 0.291 e. The molecule has 0 N–H and O–H groups in total. The second-order valence-electron chi connectivity index (χ2n) is 2.08. The Hall–Kier alpha value is -0.560. The molecule has 0 atom stereocenters. The summed E-state index contributed by atoms with van der Waals surface area (Å²) in [6, 6.07) is 0. The fourth-order valence-corrected chi connectivity index (χ4v) is 1.21. The van der Waals surface area contributed by atoms with Crippen LogP contribution in [-0.2, 0) is 0 Å². The molecule has 70 valence electrons. The number of hydrogen-bond donors (Lipinski definition) is 0. The van der Waals surface area contributed by atoms with E-state index in [0.717, 1.165) is 0 Å². The fourth-order valence-electron chi connectivity index (χ4n) is 0.681. The van der Waals surface area contributed by atoms with Crippen LogP contribution in [0, 0.1) is 0 Å². The smallest absolute Gasteiger partial charge is 0.197 e. The van der Waals surface area contributed by atoms with E-state index in [9.17, 15) is 9.59 Å². The predicted octanol–water partition coefficient (Wildman–Crippen LogP) is 1.22. The summed E-state index contributed by atoms with van der Waals surface area (Å²) < 4.78 is 4.31. The van der Waals surface area contributed by atoms with Crippen molar-refractivity contribution in [1.82, 2.24) is 10.3 Å². The molecule has 1 rings (SSSR count). The third-order valence-electron chi connectivity index (χ3n) is 1.26. The summed E-state index contributed by atoms with van der Waals surface area (Å²) in [4.78, 5) is 22.3. The van der Waals surface area contributed by atoms with Crippen LogP contribution < -0.4 is 0 Å². The molecule has 13 heavy (non-hydrogen) atoms.